The first-order valence-corrected chi connectivity index (χ1v) is 17.7. The van der Waals surface area contributed by atoms with E-state index in [9.17, 15) is 34.2 Å². The molecule has 0 radical (unpaired) electrons. The third-order valence-electron chi connectivity index (χ3n) is 14.2. The van der Waals surface area contributed by atoms with Crippen LogP contribution in [0.25, 0.3) is 0 Å². The maximum Gasteiger partial charge on any atom is 0.417 e. The van der Waals surface area contributed by atoms with Crippen LogP contribution in [-0.2, 0) is 38.3 Å². The number of nitrogens with zero attached hydrogens (tertiary/aromatic N) is 2. The minimum Gasteiger partial charge on any atom is -0.507 e. The molecule has 0 heterocycles. The van der Waals surface area contributed by atoms with Crippen molar-refractivity contribution in [3.63, 3.8) is 0 Å². The van der Waals surface area contributed by atoms with Crippen molar-refractivity contribution in [1.82, 2.24) is 9.80 Å². The Morgan fingerprint density at radius 2 is 1.70 bits per heavy atom. The Bertz CT molecular complexity index is 1720. The number of alkyl halides is 3. The molecule has 5 saturated carbocycles. The van der Waals surface area contributed by atoms with E-state index in [-0.39, 0.29) is 35.4 Å². The minimum absolute atomic E-state index is 0.0188. The lowest BCUT2D eigenvalue weighted by atomic mass is 9.52. The zero-order chi connectivity index (χ0) is 36.6. The van der Waals surface area contributed by atoms with Gasteiger partial charge in [0, 0.05) is 25.0 Å². The van der Waals surface area contributed by atoms with Crippen molar-refractivity contribution in [2.45, 2.75) is 96.1 Å². The third-order valence-corrected chi connectivity index (χ3v) is 14.2. The molecule has 5 fully saturated rings. The van der Waals surface area contributed by atoms with Crippen LogP contribution in [0, 0.1) is 46.3 Å². The first kappa shape index (κ1) is 35.3. The van der Waals surface area contributed by atoms with Crippen LogP contribution in [-0.4, -0.2) is 87.4 Å². The number of likely N-dealkylation sites (N-methyl/N-ethyl adjacent to an activating group) is 1. The topological polar surface area (TPSA) is 158 Å². The number of benzene rings is 1. The molecule has 9 atom stereocenters. The molecule has 0 saturated heterocycles. The Hall–Kier alpha value is -3.16. The van der Waals surface area contributed by atoms with Crippen molar-refractivity contribution in [2.24, 2.45) is 52.1 Å². The van der Waals surface area contributed by atoms with Gasteiger partial charge in [-0.3, -0.25) is 33.8 Å². The molecule has 10 nitrogen and oxygen atoms in total. The highest BCUT2D eigenvalue weighted by Gasteiger charge is 2.70. The van der Waals surface area contributed by atoms with Crippen LogP contribution in [0.4, 0.5) is 13.2 Å². The predicted octanol–water partition coefficient (Wildman–Crippen LogP) is 3.31. The van der Waals surface area contributed by atoms with Gasteiger partial charge in [0.05, 0.1) is 23.1 Å². The van der Waals surface area contributed by atoms with Gasteiger partial charge in [0.2, 0.25) is 5.91 Å². The number of carbonyl (C=O) groups excluding carboxylic acids is 5. The number of carbonyl (C=O) groups is 5. The number of ketones is 4. The molecular formula is C37H46F3N3O7. The number of fused-ring (bicyclic) bond motifs is 5. The Balaban J connectivity index is 1.31. The number of phenols is 1. The molecule has 2 bridgehead atoms. The summed E-state index contributed by atoms with van der Waals surface area (Å²) in [5.41, 5.74) is 0.129. The largest absolute Gasteiger partial charge is 0.507 e. The molecular weight excluding hydrogens is 655 g/mol. The second-order valence-electron chi connectivity index (χ2n) is 17.1. The predicted molar refractivity (Wildman–Crippen MR) is 173 cm³/mol. The Labute approximate surface area is 288 Å². The van der Waals surface area contributed by atoms with E-state index in [1.807, 2.05) is 0 Å². The van der Waals surface area contributed by atoms with E-state index in [4.69, 9.17) is 5.73 Å². The SMILES string of the molecule is CN(C)[C@@H]1C(=O)C(C(N)=O)C(=O)[C@@]2(O)C(=O)C3C(=O)c4c(O)cc(CN(CC5CC5)[C@H]5CC6CCC5(C)C6(C)C)c(C(F)(F)F)c4C[C@H]3C[C@@H]12. The molecule has 4 N–H and O–H groups in total. The Morgan fingerprint density at radius 1 is 1.04 bits per heavy atom. The maximum absolute atomic E-state index is 15.3. The quantitative estimate of drug-likeness (QED) is 0.363. The number of hydrogen-bond acceptors (Lipinski definition) is 9. The molecule has 6 aliphatic carbocycles. The third kappa shape index (κ3) is 4.74. The molecule has 7 rings (SSSR count). The zero-order valence-corrected chi connectivity index (χ0v) is 29.1. The number of rotatable bonds is 7. The summed E-state index contributed by atoms with van der Waals surface area (Å²) in [6.45, 7) is 7.31. The summed E-state index contributed by atoms with van der Waals surface area (Å²) in [6, 6.07) is -0.299. The van der Waals surface area contributed by atoms with Gasteiger partial charge in [-0.2, -0.15) is 13.2 Å². The van der Waals surface area contributed by atoms with Gasteiger partial charge in [-0.1, -0.05) is 20.8 Å². The van der Waals surface area contributed by atoms with Crippen molar-refractivity contribution in [3.8, 4) is 5.75 Å². The molecule has 50 heavy (non-hydrogen) atoms. The highest BCUT2D eigenvalue weighted by Crippen LogP contribution is 2.67. The number of Topliss-reactive ketones (excluding diaryl/α,β-unsaturated/α-hetero) is 4. The summed E-state index contributed by atoms with van der Waals surface area (Å²) in [5.74, 6) is -12.4. The summed E-state index contributed by atoms with van der Waals surface area (Å²) in [5, 5.41) is 23.1. The van der Waals surface area contributed by atoms with Crippen LogP contribution in [0.15, 0.2) is 6.07 Å². The van der Waals surface area contributed by atoms with Crippen molar-refractivity contribution < 1.29 is 47.4 Å². The first-order chi connectivity index (χ1) is 23.2. The van der Waals surface area contributed by atoms with Gasteiger partial charge in [-0.05, 0) is 105 Å². The zero-order valence-electron chi connectivity index (χ0n) is 29.1. The van der Waals surface area contributed by atoms with Gasteiger partial charge >= 0.3 is 6.18 Å². The van der Waals surface area contributed by atoms with Crippen molar-refractivity contribution in [3.05, 3.63) is 28.3 Å². The lowest BCUT2D eigenvalue weighted by Crippen LogP contribution is -2.74. The molecule has 272 valence electrons. The van der Waals surface area contributed by atoms with Gasteiger partial charge in [0.1, 0.15) is 5.75 Å². The highest BCUT2D eigenvalue weighted by atomic mass is 19.4. The number of aliphatic hydroxyl groups is 1. The minimum atomic E-state index is -4.92. The van der Waals surface area contributed by atoms with E-state index in [1.165, 1.54) is 19.0 Å². The van der Waals surface area contributed by atoms with Crippen molar-refractivity contribution in [1.29, 1.82) is 0 Å². The fraction of sp³-hybridized carbons (Fsp3) is 0.703. The van der Waals surface area contributed by atoms with Crippen molar-refractivity contribution >= 4 is 29.0 Å². The number of amides is 1. The second kappa shape index (κ2) is 11.2. The number of hydrogen-bond donors (Lipinski definition) is 3. The fourth-order valence-electron chi connectivity index (χ4n) is 11.1. The van der Waals surface area contributed by atoms with E-state index in [1.54, 1.807) is 0 Å². The van der Waals surface area contributed by atoms with Gasteiger partial charge in [-0.25, -0.2) is 0 Å². The lowest BCUT2D eigenvalue weighted by Gasteiger charge is -2.52. The summed E-state index contributed by atoms with van der Waals surface area (Å²) in [7, 11) is 2.90. The maximum atomic E-state index is 15.3. The highest BCUT2D eigenvalue weighted by molar-refractivity contribution is 6.32. The number of aromatic hydroxyl groups is 1. The second-order valence-corrected chi connectivity index (χ2v) is 17.1. The molecule has 0 aliphatic heterocycles. The molecule has 6 aliphatic rings. The average Bonchev–Trinajstić information content (AvgIpc) is 3.75. The summed E-state index contributed by atoms with van der Waals surface area (Å²) >= 11 is 0. The monoisotopic (exact) mass is 701 g/mol. The molecule has 13 heteroatoms. The molecule has 1 aromatic rings. The summed E-state index contributed by atoms with van der Waals surface area (Å²) < 4.78 is 45.9. The lowest BCUT2D eigenvalue weighted by molar-refractivity contribution is -0.181. The smallest absolute Gasteiger partial charge is 0.417 e. The normalized spacial score (nSPS) is 37.7. The van der Waals surface area contributed by atoms with Crippen LogP contribution in [0.3, 0.4) is 0 Å². The molecule has 1 amide bonds. The summed E-state index contributed by atoms with van der Waals surface area (Å²) in [4.78, 5) is 70.9. The molecule has 4 unspecified atom stereocenters. The molecule has 1 aromatic carbocycles. The van der Waals surface area contributed by atoms with Gasteiger partial charge in [0.25, 0.3) is 0 Å². The fourth-order valence-corrected chi connectivity index (χ4v) is 11.1. The number of phenolic OH excluding ortho intramolecular Hbond substituents is 1. The first-order valence-electron chi connectivity index (χ1n) is 17.7. The number of nitrogens with two attached hydrogens (primary N) is 1. The van der Waals surface area contributed by atoms with E-state index in [0.717, 1.165) is 38.2 Å². The van der Waals surface area contributed by atoms with E-state index in [2.05, 4.69) is 25.7 Å². The number of halogens is 3. The van der Waals surface area contributed by atoms with Crippen LogP contribution >= 0.6 is 0 Å². The number of primary amides is 1. The van der Waals surface area contributed by atoms with Gasteiger partial charge in [-0.15, -0.1) is 0 Å². The average molecular weight is 702 g/mol. The van der Waals surface area contributed by atoms with E-state index in [0.29, 0.717) is 18.4 Å². The molecule has 0 spiro atoms. The van der Waals surface area contributed by atoms with E-state index < -0.39 is 99.4 Å². The van der Waals surface area contributed by atoms with Crippen LogP contribution in [0.1, 0.15) is 86.3 Å². The van der Waals surface area contributed by atoms with Gasteiger partial charge in [0.15, 0.2) is 34.7 Å². The van der Waals surface area contributed by atoms with E-state index >= 15 is 13.2 Å². The van der Waals surface area contributed by atoms with Crippen LogP contribution in [0.2, 0.25) is 0 Å². The van der Waals surface area contributed by atoms with Crippen molar-refractivity contribution in [2.75, 3.05) is 20.6 Å². The van der Waals surface area contributed by atoms with Crippen LogP contribution < -0.4 is 5.73 Å². The standard InChI is InChI=1S/C37H46F3N3O7/c1-34(2)19-8-9-35(34,3)23(13-19)43(14-16-6-7-16)15-18-12-22(44)25-20(27(18)37(38,39)40)10-17-11-21-28(42(4)5)30(46)26(33(41)49)32(48)36(21,50)31(47)24(17)29(25)45/h12,16-17,19,21,23-24,26,28,44,50H,6-11,13-15H2,1-5H3,(H2,41,49)/t17-,19?,21-,23-,24?,26?,28-,35?,36-/m0/s1. The van der Waals surface area contributed by atoms with Gasteiger partial charge < -0.3 is 15.9 Å². The van der Waals surface area contributed by atoms with Crippen LogP contribution in [0.5, 0.6) is 5.75 Å². The molecule has 0 aromatic heterocycles. The summed E-state index contributed by atoms with van der Waals surface area (Å²) in [6.07, 6.45) is -0.725. The Kier molecular flexibility index (Phi) is 7.87. The Morgan fingerprint density at radius 3 is 2.22 bits per heavy atom.